The summed E-state index contributed by atoms with van der Waals surface area (Å²) in [7, 11) is 1.78. The first kappa shape index (κ1) is 15.2. The molecule has 3 rings (SSSR count). The number of nitrogens with zero attached hydrogens (tertiary/aromatic N) is 5. The van der Waals surface area contributed by atoms with Crippen molar-refractivity contribution >= 4 is 28.1 Å². The lowest BCUT2D eigenvalue weighted by Gasteiger charge is -2.03. The predicted molar refractivity (Wildman–Crippen MR) is 89.6 cm³/mol. The molecule has 2 aromatic carbocycles. The third kappa shape index (κ3) is 2.66. The smallest absolute Gasteiger partial charge is 0.294 e. The maximum absolute atomic E-state index is 11.0. The zero-order valence-corrected chi connectivity index (χ0v) is 12.7. The van der Waals surface area contributed by atoms with E-state index in [-0.39, 0.29) is 17.1 Å². The molecule has 1 heterocycles. The van der Waals surface area contributed by atoms with Crippen molar-refractivity contribution in [3.05, 3.63) is 64.5 Å². The number of anilines is 1. The van der Waals surface area contributed by atoms with Crippen molar-refractivity contribution in [3.63, 3.8) is 0 Å². The number of imidazole rings is 1. The van der Waals surface area contributed by atoms with Crippen LogP contribution in [0.25, 0.3) is 11.0 Å². The molecule has 0 aliphatic rings. The topological polar surface area (TPSA) is 109 Å². The van der Waals surface area contributed by atoms with Gasteiger partial charge in [-0.25, -0.2) is 4.98 Å². The van der Waals surface area contributed by atoms with Crippen molar-refractivity contribution in [1.82, 2.24) is 9.55 Å². The molecule has 0 unspecified atom stereocenters. The first-order chi connectivity index (χ1) is 11.6. The molecule has 0 fully saturated rings. The van der Waals surface area contributed by atoms with Crippen LogP contribution in [-0.4, -0.2) is 20.2 Å². The molecule has 0 bridgehead atoms. The maximum atomic E-state index is 11.0. The molecule has 24 heavy (non-hydrogen) atoms. The highest BCUT2D eigenvalue weighted by Crippen LogP contribution is 2.23. The Balaban J connectivity index is 2.00. The van der Waals surface area contributed by atoms with Gasteiger partial charge < -0.3 is 4.57 Å². The van der Waals surface area contributed by atoms with E-state index < -0.39 is 4.92 Å². The Morgan fingerprint density at radius 3 is 2.71 bits per heavy atom. The minimum atomic E-state index is -0.515. The Hall–Kier alpha value is -3.73. The summed E-state index contributed by atoms with van der Waals surface area (Å²) >= 11 is 0. The third-order valence-corrected chi connectivity index (χ3v) is 3.49. The molecule has 118 valence electrons. The van der Waals surface area contributed by atoms with E-state index in [1.165, 1.54) is 12.1 Å². The lowest BCUT2D eigenvalue weighted by atomic mass is 10.3. The molecule has 0 amide bonds. The van der Waals surface area contributed by atoms with Crippen molar-refractivity contribution in [1.29, 1.82) is 5.26 Å². The van der Waals surface area contributed by atoms with Crippen LogP contribution in [0.4, 0.5) is 11.4 Å². The Morgan fingerprint density at radius 2 is 2.00 bits per heavy atom. The second kappa shape index (κ2) is 6.18. The number of rotatable bonds is 4. The van der Waals surface area contributed by atoms with Crippen molar-refractivity contribution in [2.24, 2.45) is 12.1 Å². The SMILES string of the molecule is Cn1c(C(C#N)=NNc2ccccc2[N+](=O)[O-])nc2ccccc21. The van der Waals surface area contributed by atoms with Crippen LogP contribution in [0.1, 0.15) is 5.82 Å². The van der Waals surface area contributed by atoms with Crippen LogP contribution < -0.4 is 5.43 Å². The van der Waals surface area contributed by atoms with E-state index in [4.69, 9.17) is 0 Å². The monoisotopic (exact) mass is 320 g/mol. The maximum Gasteiger partial charge on any atom is 0.294 e. The Bertz CT molecular complexity index is 999. The fourth-order valence-corrected chi connectivity index (χ4v) is 2.33. The highest BCUT2D eigenvalue weighted by Gasteiger charge is 2.15. The van der Waals surface area contributed by atoms with Crippen molar-refractivity contribution in [3.8, 4) is 6.07 Å². The van der Waals surface area contributed by atoms with Crippen LogP contribution in [0.5, 0.6) is 0 Å². The van der Waals surface area contributed by atoms with E-state index in [9.17, 15) is 15.4 Å². The van der Waals surface area contributed by atoms with E-state index >= 15 is 0 Å². The van der Waals surface area contributed by atoms with Gasteiger partial charge in [-0.05, 0) is 18.2 Å². The van der Waals surface area contributed by atoms with Gasteiger partial charge in [0.1, 0.15) is 11.8 Å². The summed E-state index contributed by atoms with van der Waals surface area (Å²) in [5.41, 5.74) is 4.30. The van der Waals surface area contributed by atoms with Gasteiger partial charge in [-0.1, -0.05) is 24.3 Å². The summed E-state index contributed by atoms with van der Waals surface area (Å²) in [5, 5.41) is 24.4. The molecular formula is C16H12N6O2. The number of nitro groups is 1. The molecule has 0 atom stereocenters. The number of nitrogens with one attached hydrogen (secondary N) is 1. The molecule has 0 saturated carbocycles. The summed E-state index contributed by atoms with van der Waals surface area (Å²) in [6, 6.07) is 15.5. The summed E-state index contributed by atoms with van der Waals surface area (Å²) < 4.78 is 1.75. The van der Waals surface area contributed by atoms with Gasteiger partial charge in [-0.15, -0.1) is 0 Å². The highest BCUT2D eigenvalue weighted by atomic mass is 16.6. The second-order valence-electron chi connectivity index (χ2n) is 4.94. The third-order valence-electron chi connectivity index (χ3n) is 3.49. The number of nitro benzene ring substituents is 1. The quantitative estimate of drug-likeness (QED) is 0.451. The molecule has 0 spiro atoms. The number of hydrazone groups is 1. The minimum absolute atomic E-state index is 0.0341. The molecule has 0 saturated heterocycles. The van der Waals surface area contributed by atoms with E-state index in [1.807, 2.05) is 30.3 Å². The van der Waals surface area contributed by atoms with Crippen LogP contribution in [0.3, 0.4) is 0 Å². The van der Waals surface area contributed by atoms with Gasteiger partial charge in [0.2, 0.25) is 5.71 Å². The lowest BCUT2D eigenvalue weighted by Crippen LogP contribution is -2.09. The summed E-state index contributed by atoms with van der Waals surface area (Å²) in [4.78, 5) is 14.9. The van der Waals surface area contributed by atoms with Gasteiger partial charge in [-0.2, -0.15) is 10.4 Å². The highest BCUT2D eigenvalue weighted by molar-refractivity contribution is 6.11. The van der Waals surface area contributed by atoms with Crippen LogP contribution in [0.15, 0.2) is 53.6 Å². The fourth-order valence-electron chi connectivity index (χ4n) is 2.33. The Labute approximate surface area is 136 Å². The Kier molecular flexibility index (Phi) is 3.91. The molecular weight excluding hydrogens is 308 g/mol. The first-order valence-electron chi connectivity index (χ1n) is 7.01. The fraction of sp³-hybridized carbons (Fsp3) is 0.0625. The van der Waals surface area contributed by atoms with E-state index in [2.05, 4.69) is 15.5 Å². The van der Waals surface area contributed by atoms with Crippen molar-refractivity contribution < 1.29 is 4.92 Å². The summed E-state index contributed by atoms with van der Waals surface area (Å²) in [6.07, 6.45) is 0. The number of nitriles is 1. The summed E-state index contributed by atoms with van der Waals surface area (Å²) in [5.74, 6) is 0.379. The Morgan fingerprint density at radius 1 is 1.29 bits per heavy atom. The molecule has 3 aromatic rings. The second-order valence-corrected chi connectivity index (χ2v) is 4.94. The van der Waals surface area contributed by atoms with Crippen molar-refractivity contribution in [2.75, 3.05) is 5.43 Å². The zero-order valence-electron chi connectivity index (χ0n) is 12.7. The standard InChI is InChI=1S/C16H12N6O2/c1-21-14-8-4-2-6-11(14)18-16(21)13(10-17)20-19-12-7-3-5-9-15(12)22(23)24/h2-9,19H,1H3. The van der Waals surface area contributed by atoms with Gasteiger partial charge in [0, 0.05) is 13.1 Å². The predicted octanol–water partition coefficient (Wildman–Crippen LogP) is 2.82. The van der Waals surface area contributed by atoms with E-state index in [1.54, 1.807) is 23.7 Å². The number of hydrogen-bond acceptors (Lipinski definition) is 6. The number of fused-ring (bicyclic) bond motifs is 1. The average molecular weight is 320 g/mol. The normalized spacial score (nSPS) is 11.2. The average Bonchev–Trinajstić information content (AvgIpc) is 2.93. The molecule has 8 nitrogen and oxygen atoms in total. The first-order valence-corrected chi connectivity index (χ1v) is 7.01. The van der Waals surface area contributed by atoms with Gasteiger partial charge in [-0.3, -0.25) is 15.5 Å². The molecule has 0 aliphatic carbocycles. The van der Waals surface area contributed by atoms with Gasteiger partial charge in [0.25, 0.3) is 5.69 Å². The van der Waals surface area contributed by atoms with Crippen LogP contribution in [0, 0.1) is 21.4 Å². The number of para-hydroxylation sites is 4. The zero-order chi connectivity index (χ0) is 17.1. The molecule has 1 aromatic heterocycles. The largest absolute Gasteiger partial charge is 0.325 e. The van der Waals surface area contributed by atoms with Crippen LogP contribution >= 0.6 is 0 Å². The van der Waals surface area contributed by atoms with Crippen LogP contribution in [-0.2, 0) is 7.05 Å². The van der Waals surface area contributed by atoms with Gasteiger partial charge in [0.05, 0.1) is 16.0 Å². The van der Waals surface area contributed by atoms with Gasteiger partial charge in [0.15, 0.2) is 5.82 Å². The molecule has 0 aliphatic heterocycles. The molecule has 0 radical (unpaired) electrons. The van der Waals surface area contributed by atoms with Gasteiger partial charge >= 0.3 is 0 Å². The van der Waals surface area contributed by atoms with Crippen LogP contribution in [0.2, 0.25) is 0 Å². The number of aryl methyl sites for hydroxylation is 1. The molecule has 8 heteroatoms. The number of aromatic nitrogens is 2. The molecule has 1 N–H and O–H groups in total. The van der Waals surface area contributed by atoms with E-state index in [0.717, 1.165) is 11.0 Å². The minimum Gasteiger partial charge on any atom is -0.325 e. The number of hydrogen-bond donors (Lipinski definition) is 1. The number of benzene rings is 2. The van der Waals surface area contributed by atoms with Crippen molar-refractivity contribution in [2.45, 2.75) is 0 Å². The summed E-state index contributed by atoms with van der Waals surface area (Å²) in [6.45, 7) is 0. The van der Waals surface area contributed by atoms with E-state index in [0.29, 0.717) is 5.82 Å². The lowest BCUT2D eigenvalue weighted by molar-refractivity contribution is -0.384.